The van der Waals surface area contributed by atoms with Crippen molar-refractivity contribution in [2.24, 2.45) is 0 Å². The number of anilines is 1. The summed E-state index contributed by atoms with van der Waals surface area (Å²) >= 11 is 0. The summed E-state index contributed by atoms with van der Waals surface area (Å²) in [4.78, 5) is 17.0. The van der Waals surface area contributed by atoms with Crippen LogP contribution in [0.5, 0.6) is 5.75 Å². The molecule has 0 atom stereocenters. The number of aryl methyl sites for hydroxylation is 1. The molecule has 2 aliphatic rings. The Morgan fingerprint density at radius 3 is 2.66 bits per heavy atom. The van der Waals surface area contributed by atoms with Crippen molar-refractivity contribution in [1.29, 1.82) is 0 Å². The van der Waals surface area contributed by atoms with Crippen LogP contribution in [0.15, 0.2) is 42.5 Å². The summed E-state index contributed by atoms with van der Waals surface area (Å²) in [5.41, 5.74) is 4.62. The largest absolute Gasteiger partial charge is 0.493 e. The molecule has 2 heterocycles. The van der Waals surface area contributed by atoms with Gasteiger partial charge in [0.15, 0.2) is 0 Å². The summed E-state index contributed by atoms with van der Waals surface area (Å²) in [5, 5.41) is 0. The molecule has 5 heteroatoms. The lowest BCUT2D eigenvalue weighted by molar-refractivity contribution is -0.119. The van der Waals surface area contributed by atoms with Gasteiger partial charge in [0.05, 0.1) is 32.1 Å². The van der Waals surface area contributed by atoms with Crippen LogP contribution < -0.4 is 9.64 Å². The van der Waals surface area contributed by atoms with Gasteiger partial charge in [0.1, 0.15) is 5.75 Å². The molecule has 1 saturated heterocycles. The summed E-state index contributed by atoms with van der Waals surface area (Å²) in [7, 11) is 0. The second kappa shape index (κ2) is 9.42. The Labute approximate surface area is 173 Å². The monoisotopic (exact) mass is 394 g/mol. The standard InChI is InChI=1S/C24H30N2O3/c1-19-16-21(29-13-5-10-25-11-14-28-15-12-25)17-23-22(19)8-9-24(27)26(23)18-20-6-3-2-4-7-20/h2-4,6-7,16-17H,5,8-15,18H2,1H3. The molecule has 2 aromatic rings. The molecule has 1 amide bonds. The van der Waals surface area contributed by atoms with Crippen LogP contribution in [-0.4, -0.2) is 50.3 Å². The Kier molecular flexibility index (Phi) is 6.47. The summed E-state index contributed by atoms with van der Waals surface area (Å²) < 4.78 is 11.5. The van der Waals surface area contributed by atoms with Crippen molar-refractivity contribution in [2.45, 2.75) is 32.7 Å². The number of ether oxygens (including phenoxy) is 2. The van der Waals surface area contributed by atoms with Gasteiger partial charge in [-0.1, -0.05) is 30.3 Å². The normalized spacial score (nSPS) is 17.3. The first kappa shape index (κ1) is 19.9. The van der Waals surface area contributed by atoms with Gasteiger partial charge in [-0.25, -0.2) is 0 Å². The molecule has 0 unspecified atom stereocenters. The number of amides is 1. The Bertz CT molecular complexity index is 832. The molecule has 0 N–H and O–H groups in total. The zero-order chi connectivity index (χ0) is 20.1. The highest BCUT2D eigenvalue weighted by molar-refractivity contribution is 5.96. The molecular weight excluding hydrogens is 364 g/mol. The predicted octanol–water partition coefficient (Wildman–Crippen LogP) is 3.58. The smallest absolute Gasteiger partial charge is 0.227 e. The van der Waals surface area contributed by atoms with Crippen molar-refractivity contribution >= 4 is 11.6 Å². The number of rotatable bonds is 7. The maximum atomic E-state index is 12.7. The molecule has 0 spiro atoms. The number of nitrogens with zero attached hydrogens (tertiary/aromatic N) is 2. The zero-order valence-corrected chi connectivity index (χ0v) is 17.2. The molecule has 0 aromatic heterocycles. The number of carbonyl (C=O) groups is 1. The van der Waals surface area contributed by atoms with E-state index in [1.54, 1.807) is 0 Å². The zero-order valence-electron chi connectivity index (χ0n) is 17.2. The summed E-state index contributed by atoms with van der Waals surface area (Å²) in [6.45, 7) is 8.12. The molecule has 2 aromatic carbocycles. The maximum absolute atomic E-state index is 12.7. The van der Waals surface area contributed by atoms with Gasteiger partial charge >= 0.3 is 0 Å². The van der Waals surface area contributed by atoms with Gasteiger partial charge in [0, 0.05) is 32.1 Å². The highest BCUT2D eigenvalue weighted by Gasteiger charge is 2.26. The first-order valence-electron chi connectivity index (χ1n) is 10.6. The van der Waals surface area contributed by atoms with Crippen LogP contribution in [0.4, 0.5) is 5.69 Å². The van der Waals surface area contributed by atoms with Gasteiger partial charge < -0.3 is 14.4 Å². The van der Waals surface area contributed by atoms with E-state index in [0.717, 1.165) is 62.7 Å². The van der Waals surface area contributed by atoms with Crippen LogP contribution in [0.1, 0.15) is 29.5 Å². The van der Waals surface area contributed by atoms with E-state index in [0.29, 0.717) is 19.6 Å². The van der Waals surface area contributed by atoms with E-state index in [1.165, 1.54) is 11.1 Å². The highest BCUT2D eigenvalue weighted by Crippen LogP contribution is 2.35. The van der Waals surface area contributed by atoms with E-state index in [4.69, 9.17) is 9.47 Å². The minimum atomic E-state index is 0.185. The molecule has 0 aliphatic carbocycles. The van der Waals surface area contributed by atoms with Gasteiger partial charge in [-0.15, -0.1) is 0 Å². The fourth-order valence-electron chi connectivity index (χ4n) is 4.16. The van der Waals surface area contributed by atoms with E-state index < -0.39 is 0 Å². The van der Waals surface area contributed by atoms with Crippen molar-refractivity contribution in [3.05, 3.63) is 59.2 Å². The van der Waals surface area contributed by atoms with Crippen LogP contribution >= 0.6 is 0 Å². The average molecular weight is 395 g/mol. The van der Waals surface area contributed by atoms with Crippen molar-refractivity contribution in [3.8, 4) is 5.75 Å². The third-order valence-electron chi connectivity index (χ3n) is 5.78. The van der Waals surface area contributed by atoms with Gasteiger partial charge in [0.25, 0.3) is 0 Å². The molecule has 29 heavy (non-hydrogen) atoms. The topological polar surface area (TPSA) is 42.0 Å². The van der Waals surface area contributed by atoms with Gasteiger partial charge in [-0.2, -0.15) is 0 Å². The van der Waals surface area contributed by atoms with Crippen molar-refractivity contribution in [2.75, 3.05) is 44.4 Å². The summed E-state index contributed by atoms with van der Waals surface area (Å²) in [5.74, 6) is 1.04. The van der Waals surface area contributed by atoms with E-state index >= 15 is 0 Å². The molecule has 154 valence electrons. The average Bonchev–Trinajstić information content (AvgIpc) is 2.75. The van der Waals surface area contributed by atoms with E-state index in [1.807, 2.05) is 23.1 Å². The van der Waals surface area contributed by atoms with Crippen molar-refractivity contribution in [3.63, 3.8) is 0 Å². The second-order valence-electron chi connectivity index (χ2n) is 7.86. The van der Waals surface area contributed by atoms with Crippen LogP contribution in [-0.2, 0) is 22.5 Å². The first-order valence-corrected chi connectivity index (χ1v) is 10.6. The van der Waals surface area contributed by atoms with Crippen LogP contribution in [0.3, 0.4) is 0 Å². The number of carbonyl (C=O) groups excluding carboxylic acids is 1. The first-order chi connectivity index (χ1) is 14.2. The Balaban J connectivity index is 1.43. The van der Waals surface area contributed by atoms with Crippen molar-refractivity contribution < 1.29 is 14.3 Å². The second-order valence-corrected chi connectivity index (χ2v) is 7.86. The number of hydrogen-bond donors (Lipinski definition) is 0. The molecule has 2 aliphatic heterocycles. The number of morpholine rings is 1. The summed E-state index contributed by atoms with van der Waals surface area (Å²) in [6, 6.07) is 14.3. The number of benzene rings is 2. The fraction of sp³-hybridized carbons (Fsp3) is 0.458. The Hall–Kier alpha value is -2.37. The van der Waals surface area contributed by atoms with E-state index in [-0.39, 0.29) is 5.91 Å². The maximum Gasteiger partial charge on any atom is 0.227 e. The molecule has 4 rings (SSSR count). The minimum absolute atomic E-state index is 0.185. The molecule has 0 saturated carbocycles. The third-order valence-corrected chi connectivity index (χ3v) is 5.78. The third kappa shape index (κ3) is 4.98. The van der Waals surface area contributed by atoms with Gasteiger partial charge in [-0.05, 0) is 42.5 Å². The Morgan fingerprint density at radius 2 is 1.86 bits per heavy atom. The lowest BCUT2D eigenvalue weighted by atomic mass is 9.95. The number of hydrogen-bond acceptors (Lipinski definition) is 4. The van der Waals surface area contributed by atoms with Crippen LogP contribution in [0.2, 0.25) is 0 Å². The van der Waals surface area contributed by atoms with Crippen molar-refractivity contribution in [1.82, 2.24) is 4.90 Å². The molecule has 0 radical (unpaired) electrons. The SMILES string of the molecule is Cc1cc(OCCCN2CCOCC2)cc2c1CCC(=O)N2Cc1ccccc1. The molecular formula is C24H30N2O3. The van der Waals surface area contributed by atoms with E-state index in [2.05, 4.69) is 36.1 Å². The Morgan fingerprint density at radius 1 is 1.07 bits per heavy atom. The summed E-state index contributed by atoms with van der Waals surface area (Å²) in [6.07, 6.45) is 2.37. The molecule has 0 bridgehead atoms. The molecule has 1 fully saturated rings. The highest BCUT2D eigenvalue weighted by atomic mass is 16.5. The van der Waals surface area contributed by atoms with Gasteiger partial charge in [0.2, 0.25) is 5.91 Å². The minimum Gasteiger partial charge on any atom is -0.493 e. The van der Waals surface area contributed by atoms with Gasteiger partial charge in [-0.3, -0.25) is 9.69 Å². The van der Waals surface area contributed by atoms with Crippen LogP contribution in [0.25, 0.3) is 0 Å². The molecule has 5 nitrogen and oxygen atoms in total. The lowest BCUT2D eigenvalue weighted by Crippen LogP contribution is -2.37. The number of fused-ring (bicyclic) bond motifs is 1. The van der Waals surface area contributed by atoms with Crippen LogP contribution in [0, 0.1) is 6.92 Å². The predicted molar refractivity (Wildman–Crippen MR) is 115 cm³/mol. The quantitative estimate of drug-likeness (QED) is 0.673. The lowest BCUT2D eigenvalue weighted by Gasteiger charge is -2.31. The fourth-order valence-corrected chi connectivity index (χ4v) is 4.16. The van der Waals surface area contributed by atoms with E-state index in [9.17, 15) is 4.79 Å².